The first kappa shape index (κ1) is 30.4. The van der Waals surface area contributed by atoms with E-state index in [2.05, 4.69) is 39.5 Å². The lowest BCUT2D eigenvalue weighted by Crippen LogP contribution is -2.31. The lowest BCUT2D eigenvalue weighted by Gasteiger charge is -2.40. The minimum absolute atomic E-state index is 0.123. The minimum atomic E-state index is -4.26. The van der Waals surface area contributed by atoms with Crippen LogP contribution < -0.4 is 4.90 Å². The van der Waals surface area contributed by atoms with Crippen LogP contribution in [0.3, 0.4) is 0 Å². The number of carbonyl (C=O) groups excluding carboxylic acids is 1. The normalized spacial score (nSPS) is 26.1. The zero-order valence-electron chi connectivity index (χ0n) is 24.6. The van der Waals surface area contributed by atoms with Crippen LogP contribution in [0.15, 0.2) is 47.1 Å². The molecule has 4 rings (SSSR count). The monoisotopic (exact) mass is 555 g/mol. The van der Waals surface area contributed by atoms with E-state index in [1.165, 1.54) is 23.1 Å². The second kappa shape index (κ2) is 11.8. The molecule has 3 aliphatic rings. The van der Waals surface area contributed by atoms with Crippen molar-refractivity contribution in [2.45, 2.75) is 103 Å². The van der Waals surface area contributed by atoms with Crippen molar-refractivity contribution in [3.8, 4) is 11.8 Å². The second-order valence-corrected chi connectivity index (χ2v) is 13.2. The Morgan fingerprint density at radius 1 is 1.10 bits per heavy atom. The third-order valence-electron chi connectivity index (χ3n) is 8.69. The summed E-state index contributed by atoms with van der Waals surface area (Å²) in [4.78, 5) is 13.6. The molecule has 1 aromatic rings. The average molecular weight is 556 g/mol. The van der Waals surface area contributed by atoms with Crippen molar-refractivity contribution in [2.75, 3.05) is 18.5 Å². The number of carbonyl (C=O) groups is 1. The molecule has 218 valence electrons. The molecule has 0 spiro atoms. The molecular formula is C34H44F3NO2. The van der Waals surface area contributed by atoms with Crippen molar-refractivity contribution in [3.63, 3.8) is 0 Å². The average Bonchev–Trinajstić information content (AvgIpc) is 3.26. The lowest BCUT2D eigenvalue weighted by molar-refractivity contribution is -0.119. The molecule has 1 saturated carbocycles. The highest BCUT2D eigenvalue weighted by Crippen LogP contribution is 2.53. The third-order valence-corrected chi connectivity index (χ3v) is 8.69. The molecule has 0 radical (unpaired) electrons. The highest BCUT2D eigenvalue weighted by atomic mass is 19.4. The van der Waals surface area contributed by atoms with Crippen LogP contribution in [0.4, 0.5) is 18.9 Å². The SMILES string of the molecule is CCC[C@@H](C1=C2CCC(=O)C=C2CC[C@H]1[C@@H]1CC[C@@](O)(C#CC(C)(C)C)C1)c1ccc(N(C)CC(F)(F)F)cc1. The van der Waals surface area contributed by atoms with Crippen molar-refractivity contribution in [2.24, 2.45) is 17.3 Å². The summed E-state index contributed by atoms with van der Waals surface area (Å²) in [6, 6.07) is 7.56. The third kappa shape index (κ3) is 7.40. The maximum atomic E-state index is 13.0. The van der Waals surface area contributed by atoms with Crippen molar-refractivity contribution < 1.29 is 23.1 Å². The molecule has 0 bridgehead atoms. The summed E-state index contributed by atoms with van der Waals surface area (Å²) < 4.78 is 38.9. The van der Waals surface area contributed by atoms with Crippen LogP contribution in [-0.2, 0) is 4.79 Å². The Morgan fingerprint density at radius 3 is 2.42 bits per heavy atom. The zero-order chi connectivity index (χ0) is 29.3. The van der Waals surface area contributed by atoms with Crippen LogP contribution in [0.5, 0.6) is 0 Å². The largest absolute Gasteiger partial charge is 0.405 e. The Balaban J connectivity index is 1.70. The van der Waals surface area contributed by atoms with Gasteiger partial charge in [-0.1, -0.05) is 42.9 Å². The van der Waals surface area contributed by atoms with Gasteiger partial charge in [0.2, 0.25) is 0 Å². The van der Waals surface area contributed by atoms with Gasteiger partial charge in [0, 0.05) is 30.5 Å². The van der Waals surface area contributed by atoms with Crippen LogP contribution in [-0.4, -0.2) is 36.3 Å². The van der Waals surface area contributed by atoms with Gasteiger partial charge in [-0.05, 0) is 112 Å². The van der Waals surface area contributed by atoms with Crippen LogP contribution in [0.2, 0.25) is 0 Å². The summed E-state index contributed by atoms with van der Waals surface area (Å²) in [5.41, 5.74) is 4.36. The summed E-state index contributed by atoms with van der Waals surface area (Å²) in [5.74, 6) is 7.37. The molecule has 1 fully saturated rings. The number of hydrogen-bond donors (Lipinski definition) is 1. The Bertz CT molecular complexity index is 1210. The Hall–Kier alpha value is -2.52. The first-order valence-electron chi connectivity index (χ1n) is 14.8. The number of ketones is 1. The molecule has 6 heteroatoms. The fourth-order valence-corrected chi connectivity index (χ4v) is 6.90. The molecule has 4 atom stereocenters. The maximum Gasteiger partial charge on any atom is 0.405 e. The molecule has 0 amide bonds. The van der Waals surface area contributed by atoms with Crippen molar-refractivity contribution in [1.82, 2.24) is 0 Å². The number of anilines is 1. The van der Waals surface area contributed by atoms with E-state index in [0.717, 1.165) is 49.7 Å². The van der Waals surface area contributed by atoms with Gasteiger partial charge in [0.1, 0.15) is 12.1 Å². The number of alkyl halides is 3. The van der Waals surface area contributed by atoms with E-state index in [-0.39, 0.29) is 23.0 Å². The van der Waals surface area contributed by atoms with Gasteiger partial charge in [0.15, 0.2) is 5.78 Å². The van der Waals surface area contributed by atoms with Crippen LogP contribution in [0, 0.1) is 29.1 Å². The molecule has 3 aliphatic carbocycles. The summed E-state index contributed by atoms with van der Waals surface area (Å²) in [5, 5.41) is 11.4. The highest BCUT2D eigenvalue weighted by molar-refractivity contribution is 5.93. The van der Waals surface area contributed by atoms with Gasteiger partial charge in [0.05, 0.1) is 0 Å². The molecule has 0 unspecified atom stereocenters. The molecule has 0 saturated heterocycles. The van der Waals surface area contributed by atoms with Gasteiger partial charge in [0.25, 0.3) is 0 Å². The van der Waals surface area contributed by atoms with Gasteiger partial charge in [-0.2, -0.15) is 13.2 Å². The number of halogens is 3. The molecule has 0 aromatic heterocycles. The lowest BCUT2D eigenvalue weighted by atomic mass is 9.65. The van der Waals surface area contributed by atoms with Crippen LogP contribution in [0.1, 0.15) is 97.0 Å². The number of allylic oxidation sites excluding steroid dienone is 4. The summed E-state index contributed by atoms with van der Waals surface area (Å²) >= 11 is 0. The van der Waals surface area contributed by atoms with E-state index in [1.54, 1.807) is 12.1 Å². The summed E-state index contributed by atoms with van der Waals surface area (Å²) in [7, 11) is 1.47. The number of rotatable bonds is 7. The van der Waals surface area contributed by atoms with Gasteiger partial charge in [-0.25, -0.2) is 0 Å². The van der Waals surface area contributed by atoms with Crippen molar-refractivity contribution >= 4 is 11.5 Å². The number of benzene rings is 1. The standard InChI is InChI=1S/C34H44F3NO2/c1-6-7-28(23-8-11-26(12-9-23)38(5)22-34(35,36)37)31-29-15-13-27(39)20-24(29)10-14-30(31)25-16-17-33(40,21-25)19-18-32(2,3)4/h8-9,11-12,20,25,28,30,40H,6-7,10,13-17,21-22H2,1-5H3/t25-,28-,30+,33-/m1/s1. The Morgan fingerprint density at radius 2 is 1.80 bits per heavy atom. The van der Waals surface area contributed by atoms with Gasteiger partial charge < -0.3 is 10.0 Å². The van der Waals surface area contributed by atoms with E-state index in [4.69, 9.17) is 0 Å². The zero-order valence-corrected chi connectivity index (χ0v) is 24.6. The molecule has 3 nitrogen and oxygen atoms in total. The quantitative estimate of drug-likeness (QED) is 0.345. The first-order chi connectivity index (χ1) is 18.7. The first-order valence-corrected chi connectivity index (χ1v) is 14.8. The topological polar surface area (TPSA) is 40.5 Å². The number of fused-ring (bicyclic) bond motifs is 1. The fourth-order valence-electron chi connectivity index (χ4n) is 6.90. The summed E-state index contributed by atoms with van der Waals surface area (Å²) in [6.45, 7) is 7.34. The minimum Gasteiger partial charge on any atom is -0.378 e. The van der Waals surface area contributed by atoms with Crippen LogP contribution in [0.25, 0.3) is 0 Å². The number of aliphatic hydroxyl groups is 1. The Labute approximate surface area is 237 Å². The number of nitrogens with zero attached hydrogens (tertiary/aromatic N) is 1. The van der Waals surface area contributed by atoms with E-state index >= 15 is 0 Å². The van der Waals surface area contributed by atoms with E-state index in [1.807, 2.05) is 18.2 Å². The molecule has 40 heavy (non-hydrogen) atoms. The van der Waals surface area contributed by atoms with Gasteiger partial charge in [-0.3, -0.25) is 4.79 Å². The summed E-state index contributed by atoms with van der Waals surface area (Å²) in [6.07, 6.45) is 4.77. The molecule has 0 heterocycles. The molecule has 0 aliphatic heterocycles. The molecule has 1 aromatic carbocycles. The van der Waals surface area contributed by atoms with Gasteiger partial charge in [-0.15, -0.1) is 0 Å². The maximum absolute atomic E-state index is 13.0. The van der Waals surface area contributed by atoms with Crippen molar-refractivity contribution in [1.29, 1.82) is 0 Å². The van der Waals surface area contributed by atoms with Crippen LogP contribution >= 0.6 is 0 Å². The van der Waals surface area contributed by atoms with E-state index in [9.17, 15) is 23.1 Å². The predicted molar refractivity (Wildman–Crippen MR) is 155 cm³/mol. The second-order valence-electron chi connectivity index (χ2n) is 13.2. The van der Waals surface area contributed by atoms with Crippen molar-refractivity contribution in [3.05, 3.63) is 52.6 Å². The van der Waals surface area contributed by atoms with E-state index < -0.39 is 18.3 Å². The smallest absolute Gasteiger partial charge is 0.378 e. The molecule has 1 N–H and O–H groups in total. The Kier molecular flexibility index (Phi) is 8.95. The fraction of sp³-hybridized carbons (Fsp3) is 0.618. The van der Waals surface area contributed by atoms with E-state index in [0.29, 0.717) is 30.9 Å². The van der Waals surface area contributed by atoms with Gasteiger partial charge >= 0.3 is 6.18 Å². The number of hydrogen-bond acceptors (Lipinski definition) is 3. The molecular weight excluding hydrogens is 511 g/mol. The predicted octanol–water partition coefficient (Wildman–Crippen LogP) is 8.15. The highest BCUT2D eigenvalue weighted by Gasteiger charge is 2.44.